The third-order valence-corrected chi connectivity index (χ3v) is 3.51. The van der Waals surface area contributed by atoms with E-state index in [1.165, 1.54) is 0 Å². The van der Waals surface area contributed by atoms with Crippen molar-refractivity contribution in [2.75, 3.05) is 0 Å². The molecule has 0 spiro atoms. The average Bonchev–Trinajstić information content (AvgIpc) is 2.60. The van der Waals surface area contributed by atoms with Crippen LogP contribution in [0.25, 0.3) is 0 Å². The first kappa shape index (κ1) is 13.5. The van der Waals surface area contributed by atoms with Crippen LogP contribution in [-0.4, -0.2) is 26.2 Å². The van der Waals surface area contributed by atoms with Crippen molar-refractivity contribution in [3.05, 3.63) is 12.7 Å². The van der Waals surface area contributed by atoms with Crippen LogP contribution in [0.5, 0.6) is 0 Å². The molecule has 0 radical (unpaired) electrons. The Morgan fingerprint density at radius 1 is 1.62 bits per heavy atom. The maximum Gasteiger partial charge on any atom is 0.184 e. The third-order valence-electron chi connectivity index (χ3n) is 2.45. The third kappa shape index (κ3) is 4.49. The zero-order valence-corrected chi connectivity index (χ0v) is 11.8. The number of oxime groups is 1. The Bertz CT molecular complexity index is 271. The molecule has 0 N–H and O–H groups in total. The van der Waals surface area contributed by atoms with Crippen LogP contribution in [-0.2, 0) is 9.26 Å². The van der Waals surface area contributed by atoms with Crippen molar-refractivity contribution in [1.82, 2.24) is 0 Å². The standard InChI is InChI=1S/C12H23NO2Si/c1-6-7-8-11-9-12(13-14-11)10(2)15-16(3,4)5/h6,10-11H,1,7-9H2,2-5H3. The van der Waals surface area contributed by atoms with Gasteiger partial charge in [-0.3, -0.25) is 0 Å². The van der Waals surface area contributed by atoms with E-state index in [2.05, 4.69) is 38.3 Å². The molecule has 1 aliphatic heterocycles. The molecule has 1 rings (SSSR count). The van der Waals surface area contributed by atoms with E-state index >= 15 is 0 Å². The summed E-state index contributed by atoms with van der Waals surface area (Å²) in [6.07, 6.45) is 5.12. The summed E-state index contributed by atoms with van der Waals surface area (Å²) < 4.78 is 5.98. The fourth-order valence-corrected chi connectivity index (χ4v) is 2.94. The number of rotatable bonds is 6. The molecule has 0 aromatic heterocycles. The zero-order valence-electron chi connectivity index (χ0n) is 10.8. The van der Waals surface area contributed by atoms with Gasteiger partial charge in [0.25, 0.3) is 0 Å². The monoisotopic (exact) mass is 241 g/mol. The van der Waals surface area contributed by atoms with Crippen molar-refractivity contribution in [2.24, 2.45) is 5.16 Å². The van der Waals surface area contributed by atoms with Crippen molar-refractivity contribution >= 4 is 14.0 Å². The molecule has 1 aliphatic rings. The molecule has 0 fully saturated rings. The van der Waals surface area contributed by atoms with E-state index in [0.717, 1.165) is 25.0 Å². The van der Waals surface area contributed by atoms with Crippen LogP contribution in [0.1, 0.15) is 26.2 Å². The molecule has 0 aromatic carbocycles. The molecule has 2 unspecified atom stereocenters. The maximum atomic E-state index is 5.98. The van der Waals surface area contributed by atoms with E-state index in [1.54, 1.807) is 0 Å². The topological polar surface area (TPSA) is 30.8 Å². The Morgan fingerprint density at radius 2 is 2.31 bits per heavy atom. The van der Waals surface area contributed by atoms with Crippen molar-refractivity contribution < 1.29 is 9.26 Å². The molecule has 4 heteroatoms. The fourth-order valence-electron chi connectivity index (χ4n) is 1.75. The molecule has 2 atom stereocenters. The second-order valence-corrected chi connectivity index (χ2v) is 9.71. The van der Waals surface area contributed by atoms with Gasteiger partial charge in [-0.15, -0.1) is 6.58 Å². The molecule has 0 bridgehead atoms. The van der Waals surface area contributed by atoms with Crippen molar-refractivity contribution in [3.63, 3.8) is 0 Å². The largest absolute Gasteiger partial charge is 0.410 e. The van der Waals surface area contributed by atoms with Crippen LogP contribution in [0, 0.1) is 0 Å². The molecule has 0 aliphatic carbocycles. The van der Waals surface area contributed by atoms with Crippen LogP contribution < -0.4 is 0 Å². The Hall–Kier alpha value is -0.613. The van der Waals surface area contributed by atoms with Crippen molar-refractivity contribution in [3.8, 4) is 0 Å². The Labute approximate surface area is 99.6 Å². The van der Waals surface area contributed by atoms with Gasteiger partial charge in [-0.05, 0) is 39.4 Å². The van der Waals surface area contributed by atoms with Gasteiger partial charge in [-0.2, -0.15) is 0 Å². The predicted molar refractivity (Wildman–Crippen MR) is 70.2 cm³/mol. The first-order valence-corrected chi connectivity index (χ1v) is 9.34. The molecule has 0 aromatic rings. The minimum atomic E-state index is -1.49. The average molecular weight is 241 g/mol. The minimum Gasteiger partial charge on any atom is -0.410 e. The lowest BCUT2D eigenvalue weighted by Gasteiger charge is -2.22. The van der Waals surface area contributed by atoms with E-state index in [4.69, 9.17) is 9.26 Å². The summed E-state index contributed by atoms with van der Waals surface area (Å²) in [6.45, 7) is 12.3. The van der Waals surface area contributed by atoms with Gasteiger partial charge in [0.2, 0.25) is 0 Å². The summed E-state index contributed by atoms with van der Waals surface area (Å²) in [4.78, 5) is 5.38. The highest BCUT2D eigenvalue weighted by molar-refractivity contribution is 6.69. The quantitative estimate of drug-likeness (QED) is 0.527. The van der Waals surface area contributed by atoms with Crippen LogP contribution in [0.3, 0.4) is 0 Å². The highest BCUT2D eigenvalue weighted by atomic mass is 28.4. The predicted octanol–water partition coefficient (Wildman–Crippen LogP) is 3.34. The summed E-state index contributed by atoms with van der Waals surface area (Å²) in [6, 6.07) is 0. The number of hydrogen-bond donors (Lipinski definition) is 0. The maximum absolute atomic E-state index is 5.98. The smallest absolute Gasteiger partial charge is 0.184 e. The van der Waals surface area contributed by atoms with Gasteiger partial charge in [-0.1, -0.05) is 11.2 Å². The Kier molecular flexibility index (Phi) is 4.74. The van der Waals surface area contributed by atoms with Crippen molar-refractivity contribution in [1.29, 1.82) is 0 Å². The van der Waals surface area contributed by atoms with Gasteiger partial charge < -0.3 is 9.26 Å². The van der Waals surface area contributed by atoms with Crippen molar-refractivity contribution in [2.45, 2.75) is 58.0 Å². The lowest BCUT2D eigenvalue weighted by molar-refractivity contribution is 0.0798. The molecular weight excluding hydrogens is 218 g/mol. The molecule has 16 heavy (non-hydrogen) atoms. The number of allylic oxidation sites excluding steroid dienone is 1. The van der Waals surface area contributed by atoms with E-state index in [0.29, 0.717) is 0 Å². The van der Waals surface area contributed by atoms with E-state index in [1.807, 2.05) is 6.08 Å². The summed E-state index contributed by atoms with van der Waals surface area (Å²) in [7, 11) is -1.49. The first-order chi connectivity index (χ1) is 7.42. The molecule has 0 amide bonds. The molecule has 3 nitrogen and oxygen atoms in total. The van der Waals surface area contributed by atoms with Gasteiger partial charge in [0.1, 0.15) is 6.10 Å². The first-order valence-electron chi connectivity index (χ1n) is 5.93. The van der Waals surface area contributed by atoms with Gasteiger partial charge in [0, 0.05) is 6.42 Å². The summed E-state index contributed by atoms with van der Waals surface area (Å²) in [5.74, 6) is 0. The van der Waals surface area contributed by atoms with Crippen LogP contribution in [0.15, 0.2) is 17.8 Å². The van der Waals surface area contributed by atoms with E-state index in [9.17, 15) is 0 Å². The van der Waals surface area contributed by atoms with E-state index < -0.39 is 8.32 Å². The fraction of sp³-hybridized carbons (Fsp3) is 0.750. The molecular formula is C12H23NO2Si. The van der Waals surface area contributed by atoms with Crippen LogP contribution in [0.2, 0.25) is 19.6 Å². The summed E-state index contributed by atoms with van der Waals surface area (Å²) in [5.41, 5.74) is 1.05. The Balaban J connectivity index is 2.37. The van der Waals surface area contributed by atoms with Crippen LogP contribution in [0.4, 0.5) is 0 Å². The second kappa shape index (κ2) is 5.64. The summed E-state index contributed by atoms with van der Waals surface area (Å²) >= 11 is 0. The molecule has 0 saturated carbocycles. The molecule has 0 saturated heterocycles. The highest BCUT2D eigenvalue weighted by Gasteiger charge is 2.28. The minimum absolute atomic E-state index is 0.0976. The normalized spacial score (nSPS) is 22.5. The van der Waals surface area contributed by atoms with Gasteiger partial charge >= 0.3 is 0 Å². The highest BCUT2D eigenvalue weighted by Crippen LogP contribution is 2.20. The second-order valence-electron chi connectivity index (χ2n) is 5.25. The Morgan fingerprint density at radius 3 is 2.88 bits per heavy atom. The van der Waals surface area contributed by atoms with Gasteiger partial charge in [0.05, 0.1) is 11.8 Å². The van der Waals surface area contributed by atoms with Crippen LogP contribution >= 0.6 is 0 Å². The number of nitrogens with zero attached hydrogens (tertiary/aromatic N) is 1. The lowest BCUT2D eigenvalue weighted by atomic mass is 10.1. The lowest BCUT2D eigenvalue weighted by Crippen LogP contribution is -2.34. The number of hydrogen-bond acceptors (Lipinski definition) is 3. The van der Waals surface area contributed by atoms with Gasteiger partial charge in [0.15, 0.2) is 8.32 Å². The SMILES string of the molecule is C=CCCC1CC(C(C)O[Si](C)(C)C)=NO1. The zero-order chi connectivity index (χ0) is 12.2. The molecule has 1 heterocycles. The molecule has 92 valence electrons. The summed E-state index contributed by atoms with van der Waals surface area (Å²) in [5, 5.41) is 4.13. The van der Waals surface area contributed by atoms with Gasteiger partial charge in [-0.25, -0.2) is 0 Å². The van der Waals surface area contributed by atoms with E-state index in [-0.39, 0.29) is 12.2 Å².